The second-order valence-electron chi connectivity index (χ2n) is 9.82. The molecule has 0 saturated carbocycles. The molecule has 11 heteroatoms. The van der Waals surface area contributed by atoms with Crippen molar-refractivity contribution in [2.75, 3.05) is 23.3 Å². The fourth-order valence-corrected chi connectivity index (χ4v) is 5.23. The van der Waals surface area contributed by atoms with Gasteiger partial charge in [-0.1, -0.05) is 17.7 Å². The van der Waals surface area contributed by atoms with Crippen LogP contribution in [0.25, 0.3) is 16.7 Å². The highest BCUT2D eigenvalue weighted by molar-refractivity contribution is 6.30. The van der Waals surface area contributed by atoms with Crippen molar-refractivity contribution in [2.45, 2.75) is 32.9 Å². The Morgan fingerprint density at radius 1 is 1.08 bits per heavy atom. The van der Waals surface area contributed by atoms with E-state index in [1.54, 1.807) is 59.5 Å². The number of halogens is 1. The van der Waals surface area contributed by atoms with Gasteiger partial charge in [0.05, 0.1) is 23.1 Å². The molecule has 198 valence electrons. The molecule has 10 nitrogen and oxygen atoms in total. The van der Waals surface area contributed by atoms with Crippen LogP contribution in [0.15, 0.2) is 61.1 Å². The van der Waals surface area contributed by atoms with Crippen LogP contribution in [0.4, 0.5) is 11.5 Å². The van der Waals surface area contributed by atoms with Gasteiger partial charge in [-0.15, -0.1) is 5.10 Å². The minimum absolute atomic E-state index is 0.299. The van der Waals surface area contributed by atoms with Crippen LogP contribution in [-0.4, -0.2) is 55.6 Å². The Morgan fingerprint density at radius 2 is 1.85 bits per heavy atom. The third-order valence-electron chi connectivity index (χ3n) is 6.52. The summed E-state index contributed by atoms with van der Waals surface area (Å²) in [5.74, 6) is 0.916. The lowest BCUT2D eigenvalue weighted by Gasteiger charge is -2.38. The van der Waals surface area contributed by atoms with Gasteiger partial charge in [-0.2, -0.15) is 0 Å². The first kappa shape index (κ1) is 25.0. The fourth-order valence-electron chi connectivity index (χ4n) is 5.05. The Labute approximate surface area is 230 Å². The predicted octanol–water partition coefficient (Wildman–Crippen LogP) is 4.87. The summed E-state index contributed by atoms with van der Waals surface area (Å²) in [6, 6.07) is 13.1. The Bertz CT molecular complexity index is 1690. The molecule has 0 spiro atoms. The second kappa shape index (κ2) is 10.1. The van der Waals surface area contributed by atoms with Gasteiger partial charge in [0.15, 0.2) is 17.2 Å². The zero-order valence-electron chi connectivity index (χ0n) is 21.7. The molecule has 5 aromatic rings. The van der Waals surface area contributed by atoms with Crippen molar-refractivity contribution in [2.24, 2.45) is 0 Å². The van der Waals surface area contributed by atoms with Crippen molar-refractivity contribution >= 4 is 45.7 Å². The molecule has 0 radical (unpaired) electrons. The van der Waals surface area contributed by atoms with Crippen LogP contribution in [0.3, 0.4) is 0 Å². The van der Waals surface area contributed by atoms with Crippen molar-refractivity contribution in [1.82, 2.24) is 29.9 Å². The maximum absolute atomic E-state index is 13.5. The number of carbonyl (C=O) groups excluding carboxylic acids is 1. The highest BCUT2D eigenvalue weighted by atomic mass is 35.5. The molecule has 1 fully saturated rings. The summed E-state index contributed by atoms with van der Waals surface area (Å²) in [6.45, 7) is 7.86. The molecule has 2 unspecified atom stereocenters. The lowest BCUT2D eigenvalue weighted by Crippen LogP contribution is -2.54. The Morgan fingerprint density at radius 3 is 2.62 bits per heavy atom. The van der Waals surface area contributed by atoms with E-state index >= 15 is 0 Å². The molecule has 2 atom stereocenters. The van der Waals surface area contributed by atoms with Gasteiger partial charge in [-0.25, -0.2) is 9.50 Å². The maximum Gasteiger partial charge on any atom is 0.259 e. The number of piperazine rings is 1. The summed E-state index contributed by atoms with van der Waals surface area (Å²) in [4.78, 5) is 29.5. The van der Waals surface area contributed by atoms with Crippen LogP contribution >= 0.6 is 11.6 Å². The summed E-state index contributed by atoms with van der Waals surface area (Å²) in [5.41, 5.74) is 3.85. The van der Waals surface area contributed by atoms with E-state index in [2.05, 4.69) is 49.4 Å². The summed E-state index contributed by atoms with van der Waals surface area (Å²) in [5, 5.41) is 11.5. The third-order valence-corrected chi connectivity index (χ3v) is 6.76. The first-order chi connectivity index (χ1) is 18.8. The number of ether oxygens (including phenoxy) is 1. The molecule has 1 amide bonds. The van der Waals surface area contributed by atoms with Gasteiger partial charge in [0.1, 0.15) is 16.8 Å². The second-order valence-corrected chi connectivity index (χ2v) is 10.3. The molecule has 39 heavy (non-hydrogen) atoms. The first-order valence-electron chi connectivity index (χ1n) is 12.7. The van der Waals surface area contributed by atoms with Gasteiger partial charge in [0.25, 0.3) is 5.91 Å². The SMILES string of the molecule is Cc1cn2nc(NC(=O)c3ccc(N4CC(C)NC(C)C4)c4nccnc34)cc(Oc3cccc(Cl)c3)c2n1. The van der Waals surface area contributed by atoms with E-state index in [0.717, 1.165) is 24.5 Å². The van der Waals surface area contributed by atoms with E-state index in [9.17, 15) is 4.79 Å². The predicted molar refractivity (Wildman–Crippen MR) is 151 cm³/mol. The molecule has 1 saturated heterocycles. The Hall–Kier alpha value is -4.28. The van der Waals surface area contributed by atoms with Gasteiger partial charge in [-0.3, -0.25) is 14.8 Å². The molecule has 3 aromatic heterocycles. The van der Waals surface area contributed by atoms with E-state index < -0.39 is 0 Å². The number of fused-ring (bicyclic) bond motifs is 2. The third kappa shape index (κ3) is 5.08. The van der Waals surface area contributed by atoms with E-state index in [1.807, 2.05) is 13.0 Å². The normalized spacial score (nSPS) is 17.5. The minimum atomic E-state index is -0.355. The van der Waals surface area contributed by atoms with Gasteiger partial charge in [0.2, 0.25) is 0 Å². The number of amides is 1. The van der Waals surface area contributed by atoms with Crippen LogP contribution in [0.2, 0.25) is 5.02 Å². The van der Waals surface area contributed by atoms with E-state index in [0.29, 0.717) is 56.7 Å². The average Bonchev–Trinajstić information content (AvgIpc) is 3.28. The smallest absolute Gasteiger partial charge is 0.259 e. The van der Waals surface area contributed by atoms with Gasteiger partial charge in [0, 0.05) is 48.7 Å². The molecule has 6 rings (SSSR count). The fraction of sp³-hybridized carbons (Fsp3) is 0.250. The standard InChI is InChI=1S/C28H27ClN8O2/c1-16-13-36(14-17(2)32-16)22-8-7-21(25-26(22)31-10-9-30-25)28(38)34-24-12-23(27-33-18(3)15-37(27)35-24)39-20-6-4-5-19(29)11-20/h4-12,15-17,32H,13-14H2,1-3H3,(H,34,35,38). The zero-order chi connectivity index (χ0) is 27.1. The Kier molecular flexibility index (Phi) is 6.49. The van der Waals surface area contributed by atoms with Crippen LogP contribution in [0, 0.1) is 6.92 Å². The number of aromatic nitrogens is 5. The number of carbonyl (C=O) groups is 1. The molecule has 2 N–H and O–H groups in total. The van der Waals surface area contributed by atoms with Crippen LogP contribution in [0.1, 0.15) is 29.9 Å². The topological polar surface area (TPSA) is 110 Å². The number of hydrogen-bond donors (Lipinski definition) is 2. The number of hydrogen-bond acceptors (Lipinski definition) is 8. The van der Waals surface area contributed by atoms with Crippen molar-refractivity contribution < 1.29 is 9.53 Å². The number of nitrogens with zero attached hydrogens (tertiary/aromatic N) is 6. The highest BCUT2D eigenvalue weighted by Gasteiger charge is 2.25. The lowest BCUT2D eigenvalue weighted by molar-refractivity contribution is 0.102. The van der Waals surface area contributed by atoms with E-state index in [-0.39, 0.29) is 5.91 Å². The summed E-state index contributed by atoms with van der Waals surface area (Å²) in [6.07, 6.45) is 5.02. The first-order valence-corrected chi connectivity index (χ1v) is 13.1. The van der Waals surface area contributed by atoms with Crippen molar-refractivity contribution in [3.05, 3.63) is 77.3 Å². The average molecular weight is 543 g/mol. The summed E-state index contributed by atoms with van der Waals surface area (Å²) < 4.78 is 7.67. The van der Waals surface area contributed by atoms with E-state index in [4.69, 9.17) is 16.3 Å². The van der Waals surface area contributed by atoms with Crippen LogP contribution < -0.4 is 20.3 Å². The number of anilines is 2. The molecule has 4 heterocycles. The lowest BCUT2D eigenvalue weighted by atomic mass is 10.1. The monoisotopic (exact) mass is 542 g/mol. The maximum atomic E-state index is 13.5. The van der Waals surface area contributed by atoms with Gasteiger partial charge in [-0.05, 0) is 51.1 Å². The molecule has 2 aromatic carbocycles. The summed E-state index contributed by atoms with van der Waals surface area (Å²) >= 11 is 6.14. The van der Waals surface area contributed by atoms with Crippen LogP contribution in [-0.2, 0) is 0 Å². The summed E-state index contributed by atoms with van der Waals surface area (Å²) in [7, 11) is 0. The minimum Gasteiger partial charge on any atom is -0.453 e. The number of benzene rings is 2. The van der Waals surface area contributed by atoms with E-state index in [1.165, 1.54) is 0 Å². The number of aryl methyl sites for hydroxylation is 1. The molecule has 0 bridgehead atoms. The molecular weight excluding hydrogens is 516 g/mol. The van der Waals surface area contributed by atoms with Gasteiger partial charge >= 0.3 is 0 Å². The molecule has 1 aliphatic heterocycles. The Balaban J connectivity index is 1.34. The van der Waals surface area contributed by atoms with Crippen molar-refractivity contribution in [3.63, 3.8) is 0 Å². The van der Waals surface area contributed by atoms with Crippen molar-refractivity contribution in [3.8, 4) is 11.5 Å². The quantitative estimate of drug-likeness (QED) is 0.324. The molecule has 0 aliphatic carbocycles. The highest BCUT2D eigenvalue weighted by Crippen LogP contribution is 2.31. The van der Waals surface area contributed by atoms with Gasteiger partial charge < -0.3 is 20.3 Å². The largest absolute Gasteiger partial charge is 0.453 e. The molecule has 1 aliphatic rings. The van der Waals surface area contributed by atoms with Crippen molar-refractivity contribution in [1.29, 1.82) is 0 Å². The zero-order valence-corrected chi connectivity index (χ0v) is 22.5. The number of rotatable bonds is 5. The van der Waals surface area contributed by atoms with Crippen LogP contribution in [0.5, 0.6) is 11.5 Å². The molecular formula is C28H27ClN8O2. The number of nitrogens with one attached hydrogen (secondary N) is 2. The number of imidazole rings is 1.